The number of amides is 1. The van der Waals surface area contributed by atoms with Gasteiger partial charge in [-0.25, -0.2) is 9.97 Å². The molecule has 0 aliphatic carbocycles. The summed E-state index contributed by atoms with van der Waals surface area (Å²) in [6.45, 7) is 0. The van der Waals surface area contributed by atoms with Crippen molar-refractivity contribution in [3.05, 3.63) is 48.4 Å². The highest BCUT2D eigenvalue weighted by atomic mass is 127. The first-order chi connectivity index (χ1) is 8.99. The van der Waals surface area contributed by atoms with Crippen LogP contribution in [0.15, 0.2) is 29.0 Å². The molecule has 0 atom stereocenters. The zero-order valence-corrected chi connectivity index (χ0v) is 14.4. The number of anilines is 1. The Balaban J connectivity index is 2.34. The molecular weight excluding hydrogens is 468 g/mol. The second-order valence-electron chi connectivity index (χ2n) is 3.41. The van der Waals surface area contributed by atoms with E-state index < -0.39 is 0 Å². The van der Waals surface area contributed by atoms with Crippen LogP contribution in [0.4, 0.5) is 5.69 Å². The van der Waals surface area contributed by atoms with Gasteiger partial charge >= 0.3 is 0 Å². The average Bonchev–Trinajstić information content (AvgIpc) is 2.37. The van der Waals surface area contributed by atoms with E-state index in [-0.39, 0.29) is 21.9 Å². The maximum Gasteiger partial charge on any atom is 0.256 e. The Kier molecular flexibility index (Phi) is 4.99. The topological polar surface area (TPSA) is 54.9 Å². The van der Waals surface area contributed by atoms with Gasteiger partial charge in [0, 0.05) is 8.04 Å². The fourth-order valence-electron chi connectivity index (χ4n) is 1.30. The highest BCUT2D eigenvalue weighted by Crippen LogP contribution is 2.27. The van der Waals surface area contributed by atoms with Crippen molar-refractivity contribution in [2.45, 2.75) is 0 Å². The lowest BCUT2D eigenvalue weighted by Gasteiger charge is -2.09. The van der Waals surface area contributed by atoms with E-state index in [1.807, 2.05) is 12.1 Å². The smallest absolute Gasteiger partial charge is 0.256 e. The van der Waals surface area contributed by atoms with Gasteiger partial charge in [-0.1, -0.05) is 39.1 Å². The van der Waals surface area contributed by atoms with Crippen molar-refractivity contribution in [3.8, 4) is 0 Å². The third-order valence-electron chi connectivity index (χ3n) is 2.17. The van der Waals surface area contributed by atoms with E-state index in [0.29, 0.717) is 5.56 Å². The van der Waals surface area contributed by atoms with Gasteiger partial charge in [-0.15, -0.1) is 0 Å². The van der Waals surface area contributed by atoms with Gasteiger partial charge in [0.15, 0.2) is 10.3 Å². The van der Waals surface area contributed by atoms with Crippen LogP contribution in [-0.2, 0) is 0 Å². The van der Waals surface area contributed by atoms with Gasteiger partial charge in [0.2, 0.25) is 0 Å². The molecule has 1 aromatic heterocycles. The zero-order valence-electron chi connectivity index (χ0n) is 9.12. The van der Waals surface area contributed by atoms with Gasteiger partial charge in [-0.2, -0.15) is 0 Å². The second kappa shape index (κ2) is 6.34. The van der Waals surface area contributed by atoms with Crippen molar-refractivity contribution in [3.63, 3.8) is 0 Å². The minimum atomic E-state index is -0.329. The Morgan fingerprint density at radius 1 is 1.26 bits per heavy atom. The third-order valence-corrected chi connectivity index (χ3v) is 4.17. The Morgan fingerprint density at radius 3 is 2.53 bits per heavy atom. The number of hydrogen-bond acceptors (Lipinski definition) is 3. The van der Waals surface area contributed by atoms with Gasteiger partial charge in [-0.05, 0) is 40.8 Å². The van der Waals surface area contributed by atoms with Crippen molar-refractivity contribution in [1.82, 2.24) is 9.97 Å². The van der Waals surface area contributed by atoms with E-state index in [0.717, 1.165) is 8.04 Å². The molecule has 0 aliphatic rings. The summed E-state index contributed by atoms with van der Waals surface area (Å²) in [5.41, 5.74) is 0.706. The highest BCUT2D eigenvalue weighted by molar-refractivity contribution is 14.1. The summed E-state index contributed by atoms with van der Waals surface area (Å²) in [5.74, 6) is -0.329. The summed E-state index contributed by atoms with van der Waals surface area (Å²) in [6, 6.07) is 5.39. The first-order valence-corrected chi connectivity index (χ1v) is 7.54. The lowest BCUT2D eigenvalue weighted by Crippen LogP contribution is -2.14. The SMILES string of the molecule is O=C(Nc1c(Cl)ncnc1Cl)c1cc(Br)ccc1I. The normalized spacial score (nSPS) is 10.3. The second-order valence-corrected chi connectivity index (χ2v) is 6.20. The van der Waals surface area contributed by atoms with Crippen molar-refractivity contribution in [1.29, 1.82) is 0 Å². The maximum absolute atomic E-state index is 12.2. The van der Waals surface area contributed by atoms with E-state index >= 15 is 0 Å². The molecule has 0 saturated carbocycles. The molecule has 1 heterocycles. The molecule has 0 unspecified atom stereocenters. The fraction of sp³-hybridized carbons (Fsp3) is 0. The van der Waals surface area contributed by atoms with Gasteiger partial charge in [0.05, 0.1) is 5.56 Å². The van der Waals surface area contributed by atoms with Crippen LogP contribution in [0.1, 0.15) is 10.4 Å². The number of carbonyl (C=O) groups excluding carboxylic acids is 1. The number of benzene rings is 1. The lowest BCUT2D eigenvalue weighted by atomic mass is 10.2. The monoisotopic (exact) mass is 471 g/mol. The Hall–Kier alpha value is -0.440. The van der Waals surface area contributed by atoms with Crippen molar-refractivity contribution >= 4 is 73.3 Å². The Bertz CT molecular complexity index is 634. The van der Waals surface area contributed by atoms with Crippen LogP contribution in [0.25, 0.3) is 0 Å². The summed E-state index contributed by atoms with van der Waals surface area (Å²) in [6.07, 6.45) is 1.23. The average molecular weight is 473 g/mol. The number of aromatic nitrogens is 2. The van der Waals surface area contributed by atoms with Crippen molar-refractivity contribution < 1.29 is 4.79 Å². The molecule has 1 aromatic carbocycles. The molecule has 8 heteroatoms. The van der Waals surface area contributed by atoms with Gasteiger partial charge in [-0.3, -0.25) is 4.79 Å². The molecule has 0 fully saturated rings. The zero-order chi connectivity index (χ0) is 14.0. The van der Waals surface area contributed by atoms with Gasteiger partial charge in [0.25, 0.3) is 5.91 Å². The number of rotatable bonds is 2. The Labute approximate surface area is 141 Å². The molecule has 4 nitrogen and oxygen atoms in total. The van der Waals surface area contributed by atoms with E-state index in [9.17, 15) is 4.79 Å². The molecule has 98 valence electrons. The predicted octanol–water partition coefficient (Wildman–Crippen LogP) is 4.40. The molecule has 0 radical (unpaired) electrons. The van der Waals surface area contributed by atoms with Crippen LogP contribution in [0, 0.1) is 3.57 Å². The van der Waals surface area contributed by atoms with Crippen LogP contribution in [-0.4, -0.2) is 15.9 Å². The maximum atomic E-state index is 12.2. The molecular formula is C11H5BrCl2IN3O. The standard InChI is InChI=1S/C11H5BrCl2IN3O/c12-5-1-2-7(15)6(3-5)11(19)18-8-9(13)16-4-17-10(8)14/h1-4H,(H,18,19). The molecule has 0 spiro atoms. The number of carbonyl (C=O) groups is 1. The first-order valence-electron chi connectivity index (χ1n) is 4.91. The number of nitrogens with zero attached hydrogens (tertiary/aromatic N) is 2. The summed E-state index contributed by atoms with van der Waals surface area (Å²) in [4.78, 5) is 19.7. The Morgan fingerprint density at radius 2 is 1.89 bits per heavy atom. The van der Waals surface area contributed by atoms with E-state index in [1.54, 1.807) is 6.07 Å². The van der Waals surface area contributed by atoms with E-state index in [4.69, 9.17) is 23.2 Å². The molecule has 1 N–H and O–H groups in total. The third kappa shape index (κ3) is 3.56. The van der Waals surface area contributed by atoms with Gasteiger partial charge < -0.3 is 5.32 Å². The van der Waals surface area contributed by atoms with Crippen LogP contribution < -0.4 is 5.32 Å². The molecule has 0 bridgehead atoms. The number of halogens is 4. The summed E-state index contributed by atoms with van der Waals surface area (Å²) >= 11 is 17.1. The van der Waals surface area contributed by atoms with Crippen LogP contribution >= 0.6 is 61.7 Å². The minimum absolute atomic E-state index is 0.0957. The number of nitrogens with one attached hydrogen (secondary N) is 1. The number of hydrogen-bond donors (Lipinski definition) is 1. The molecule has 0 saturated heterocycles. The molecule has 2 rings (SSSR count). The minimum Gasteiger partial charge on any atom is -0.317 e. The van der Waals surface area contributed by atoms with Crippen molar-refractivity contribution in [2.75, 3.05) is 5.32 Å². The first kappa shape index (κ1) is 15.0. The predicted molar refractivity (Wildman–Crippen MR) is 86.9 cm³/mol. The fourth-order valence-corrected chi connectivity index (χ4v) is 2.65. The van der Waals surface area contributed by atoms with Crippen LogP contribution in [0.5, 0.6) is 0 Å². The molecule has 19 heavy (non-hydrogen) atoms. The van der Waals surface area contributed by atoms with Crippen LogP contribution in [0.2, 0.25) is 10.3 Å². The summed E-state index contributed by atoms with van der Waals surface area (Å²) < 4.78 is 1.61. The molecule has 0 aliphatic heterocycles. The molecule has 1 amide bonds. The van der Waals surface area contributed by atoms with Crippen molar-refractivity contribution in [2.24, 2.45) is 0 Å². The van der Waals surface area contributed by atoms with Crippen LogP contribution in [0.3, 0.4) is 0 Å². The van der Waals surface area contributed by atoms with E-state index in [2.05, 4.69) is 53.8 Å². The summed E-state index contributed by atoms with van der Waals surface area (Å²) in [5, 5.41) is 2.80. The largest absolute Gasteiger partial charge is 0.317 e. The van der Waals surface area contributed by atoms with Gasteiger partial charge in [0.1, 0.15) is 12.0 Å². The quantitative estimate of drug-likeness (QED) is 0.520. The van der Waals surface area contributed by atoms with E-state index in [1.165, 1.54) is 6.33 Å². The highest BCUT2D eigenvalue weighted by Gasteiger charge is 2.15. The molecule has 2 aromatic rings. The lowest BCUT2D eigenvalue weighted by molar-refractivity contribution is 0.102. The summed E-state index contributed by atoms with van der Waals surface area (Å²) in [7, 11) is 0.